The number of aromatic nitrogens is 1. The number of benzene rings is 1. The van der Waals surface area contributed by atoms with E-state index in [2.05, 4.69) is 11.1 Å². The van der Waals surface area contributed by atoms with E-state index in [1.165, 1.54) is 18.6 Å². The molecule has 3 heteroatoms. The molecule has 1 aliphatic rings. The molecule has 1 N–H and O–H groups in total. The van der Waals surface area contributed by atoms with Gasteiger partial charge in [-0.2, -0.15) is 11.8 Å². The molecule has 94 valence electrons. The summed E-state index contributed by atoms with van der Waals surface area (Å²) in [7, 11) is 0. The van der Waals surface area contributed by atoms with Crippen LogP contribution in [0.15, 0.2) is 36.5 Å². The Labute approximate surface area is 111 Å². The minimum atomic E-state index is -0.347. The highest BCUT2D eigenvalue weighted by Gasteiger charge is 2.23. The minimum absolute atomic E-state index is 0.347. The maximum Gasteiger partial charge on any atom is 0.0908 e. The van der Waals surface area contributed by atoms with Crippen LogP contribution in [-0.4, -0.2) is 21.1 Å². The van der Waals surface area contributed by atoms with Crippen LogP contribution in [0.2, 0.25) is 0 Å². The lowest BCUT2D eigenvalue weighted by Gasteiger charge is -2.26. The Morgan fingerprint density at radius 2 is 2.22 bits per heavy atom. The van der Waals surface area contributed by atoms with E-state index in [0.717, 1.165) is 22.9 Å². The van der Waals surface area contributed by atoms with E-state index in [-0.39, 0.29) is 6.10 Å². The number of pyridine rings is 1. The lowest BCUT2D eigenvalue weighted by molar-refractivity contribution is 0.169. The highest BCUT2D eigenvalue weighted by Crippen LogP contribution is 2.35. The predicted octanol–water partition coefficient (Wildman–Crippen LogP) is 3.55. The quantitative estimate of drug-likeness (QED) is 0.895. The van der Waals surface area contributed by atoms with Crippen molar-refractivity contribution in [3.63, 3.8) is 0 Å². The molecule has 2 heterocycles. The summed E-state index contributed by atoms with van der Waals surface area (Å²) in [5.41, 5.74) is 2.01. The van der Waals surface area contributed by atoms with Crippen molar-refractivity contribution in [2.24, 2.45) is 0 Å². The van der Waals surface area contributed by atoms with Gasteiger partial charge in [-0.25, -0.2) is 0 Å². The fraction of sp³-hybridized carbons (Fsp3) is 0.400. The zero-order valence-electron chi connectivity index (χ0n) is 10.2. The Morgan fingerprint density at radius 3 is 3.06 bits per heavy atom. The van der Waals surface area contributed by atoms with Gasteiger partial charge in [0.25, 0.3) is 0 Å². The molecule has 2 unspecified atom stereocenters. The van der Waals surface area contributed by atoms with Crippen LogP contribution in [-0.2, 0) is 0 Å². The molecule has 1 aromatic carbocycles. The summed E-state index contributed by atoms with van der Waals surface area (Å²) in [5.74, 6) is 1.18. The summed E-state index contributed by atoms with van der Waals surface area (Å²) in [6.07, 6.45) is 5.10. The summed E-state index contributed by atoms with van der Waals surface area (Å²) in [6.45, 7) is 0. The van der Waals surface area contributed by atoms with Gasteiger partial charge in [0.05, 0.1) is 11.6 Å². The topological polar surface area (TPSA) is 33.1 Å². The Hall–Kier alpha value is -1.06. The lowest BCUT2D eigenvalue weighted by atomic mass is 10.0. The van der Waals surface area contributed by atoms with Crippen LogP contribution in [0.4, 0.5) is 0 Å². The van der Waals surface area contributed by atoms with E-state index in [1.807, 2.05) is 36.0 Å². The number of rotatable bonds is 2. The Bertz CT molecular complexity index is 537. The third kappa shape index (κ3) is 2.38. The molecule has 2 atom stereocenters. The van der Waals surface area contributed by atoms with Crippen molar-refractivity contribution in [1.82, 2.24) is 4.98 Å². The van der Waals surface area contributed by atoms with Gasteiger partial charge in [0.2, 0.25) is 0 Å². The summed E-state index contributed by atoms with van der Waals surface area (Å²) >= 11 is 1.91. The molecule has 18 heavy (non-hydrogen) atoms. The molecule has 2 aromatic rings. The van der Waals surface area contributed by atoms with Crippen molar-refractivity contribution < 1.29 is 5.11 Å². The van der Waals surface area contributed by atoms with E-state index in [9.17, 15) is 5.11 Å². The highest BCUT2D eigenvalue weighted by atomic mass is 32.2. The molecule has 0 spiro atoms. The SMILES string of the molecule is OC(c1ccc2ncccc2c1)C1CCCCS1. The maximum absolute atomic E-state index is 10.5. The second-order valence-corrected chi connectivity index (χ2v) is 6.15. The molecule has 0 bridgehead atoms. The molecule has 1 fully saturated rings. The first-order valence-corrected chi connectivity index (χ1v) is 7.54. The largest absolute Gasteiger partial charge is 0.387 e. The Kier molecular flexibility index (Phi) is 3.52. The Balaban J connectivity index is 1.88. The van der Waals surface area contributed by atoms with Crippen molar-refractivity contribution in [2.75, 3.05) is 5.75 Å². The third-order valence-corrected chi connectivity index (χ3v) is 4.98. The minimum Gasteiger partial charge on any atom is -0.387 e. The average molecular weight is 259 g/mol. The fourth-order valence-corrected chi connectivity index (χ4v) is 3.85. The van der Waals surface area contributed by atoms with E-state index < -0.39 is 0 Å². The number of fused-ring (bicyclic) bond motifs is 1. The second kappa shape index (κ2) is 5.29. The molecule has 1 saturated heterocycles. The lowest BCUT2D eigenvalue weighted by Crippen LogP contribution is -2.18. The highest BCUT2D eigenvalue weighted by molar-refractivity contribution is 7.99. The molecule has 1 aliphatic heterocycles. The van der Waals surface area contributed by atoms with E-state index >= 15 is 0 Å². The Morgan fingerprint density at radius 1 is 1.28 bits per heavy atom. The number of thioether (sulfide) groups is 1. The standard InChI is InChI=1S/C15H17NOS/c17-15(14-5-1-2-9-18-14)12-6-7-13-11(10-12)4-3-8-16-13/h3-4,6-8,10,14-15,17H,1-2,5,9H2. The van der Waals surface area contributed by atoms with Gasteiger partial charge in [-0.1, -0.05) is 18.6 Å². The molecule has 0 amide bonds. The zero-order chi connectivity index (χ0) is 12.4. The molecule has 2 nitrogen and oxygen atoms in total. The zero-order valence-corrected chi connectivity index (χ0v) is 11.1. The van der Waals surface area contributed by atoms with E-state index in [4.69, 9.17) is 0 Å². The summed E-state index contributed by atoms with van der Waals surface area (Å²) < 4.78 is 0. The van der Waals surface area contributed by atoms with Crippen LogP contribution in [0, 0.1) is 0 Å². The van der Waals surface area contributed by atoms with Crippen molar-refractivity contribution >= 4 is 22.7 Å². The van der Waals surface area contributed by atoms with Crippen LogP contribution in [0.25, 0.3) is 10.9 Å². The van der Waals surface area contributed by atoms with E-state index in [0.29, 0.717) is 5.25 Å². The molecule has 0 saturated carbocycles. The van der Waals surface area contributed by atoms with Gasteiger partial charge >= 0.3 is 0 Å². The van der Waals surface area contributed by atoms with Crippen LogP contribution in [0.5, 0.6) is 0 Å². The molecule has 1 aromatic heterocycles. The molecular formula is C15H17NOS. The number of nitrogens with zero attached hydrogens (tertiary/aromatic N) is 1. The number of hydrogen-bond donors (Lipinski definition) is 1. The van der Waals surface area contributed by atoms with Crippen molar-refractivity contribution in [2.45, 2.75) is 30.6 Å². The third-order valence-electron chi connectivity index (χ3n) is 3.54. The number of hydrogen-bond acceptors (Lipinski definition) is 3. The van der Waals surface area contributed by atoms with Gasteiger partial charge in [0.1, 0.15) is 0 Å². The summed E-state index contributed by atoms with van der Waals surface area (Å²) in [5, 5.41) is 11.9. The van der Waals surface area contributed by atoms with Crippen LogP contribution >= 0.6 is 11.8 Å². The monoisotopic (exact) mass is 259 g/mol. The predicted molar refractivity (Wildman–Crippen MR) is 76.8 cm³/mol. The van der Waals surface area contributed by atoms with Gasteiger partial charge in [0.15, 0.2) is 0 Å². The van der Waals surface area contributed by atoms with Gasteiger partial charge in [-0.3, -0.25) is 4.98 Å². The molecule has 0 aliphatic carbocycles. The fourth-order valence-electron chi connectivity index (χ4n) is 2.51. The number of aliphatic hydroxyl groups is 1. The van der Waals surface area contributed by atoms with Crippen LogP contribution in [0.1, 0.15) is 30.9 Å². The van der Waals surface area contributed by atoms with Gasteiger partial charge in [-0.15, -0.1) is 0 Å². The molecular weight excluding hydrogens is 242 g/mol. The second-order valence-electron chi connectivity index (χ2n) is 4.81. The number of aliphatic hydroxyl groups excluding tert-OH is 1. The first-order chi connectivity index (χ1) is 8.84. The molecule has 0 radical (unpaired) electrons. The summed E-state index contributed by atoms with van der Waals surface area (Å²) in [4.78, 5) is 4.31. The summed E-state index contributed by atoms with van der Waals surface area (Å²) in [6, 6.07) is 10.1. The van der Waals surface area contributed by atoms with Crippen molar-refractivity contribution in [3.8, 4) is 0 Å². The van der Waals surface area contributed by atoms with E-state index in [1.54, 1.807) is 6.20 Å². The van der Waals surface area contributed by atoms with Gasteiger partial charge in [0, 0.05) is 16.8 Å². The molecule has 3 rings (SSSR count). The smallest absolute Gasteiger partial charge is 0.0908 e. The van der Waals surface area contributed by atoms with Gasteiger partial charge in [-0.05, 0) is 42.4 Å². The normalized spacial score (nSPS) is 21.9. The van der Waals surface area contributed by atoms with Crippen molar-refractivity contribution in [3.05, 3.63) is 42.1 Å². The van der Waals surface area contributed by atoms with Crippen LogP contribution < -0.4 is 0 Å². The van der Waals surface area contributed by atoms with Crippen molar-refractivity contribution in [1.29, 1.82) is 0 Å². The van der Waals surface area contributed by atoms with Crippen LogP contribution in [0.3, 0.4) is 0 Å². The maximum atomic E-state index is 10.5. The first-order valence-electron chi connectivity index (χ1n) is 6.49. The van der Waals surface area contributed by atoms with Gasteiger partial charge < -0.3 is 5.11 Å². The first kappa shape index (κ1) is 12.0. The average Bonchev–Trinajstić information content (AvgIpc) is 2.47.